The first-order chi connectivity index (χ1) is 13.6. The Kier molecular flexibility index (Phi) is 9.19. The first-order valence-electron chi connectivity index (χ1n) is 9.79. The van der Waals surface area contributed by atoms with Gasteiger partial charge in [-0.05, 0) is 41.5 Å². The molecule has 0 spiro atoms. The first kappa shape index (κ1) is 24.5. The fourth-order valence-electron chi connectivity index (χ4n) is 2.99. The van der Waals surface area contributed by atoms with Gasteiger partial charge in [-0.15, -0.1) is 0 Å². The molecule has 0 aromatic carbocycles. The van der Waals surface area contributed by atoms with Gasteiger partial charge in [-0.3, -0.25) is 4.79 Å². The van der Waals surface area contributed by atoms with Gasteiger partial charge in [-0.25, -0.2) is 14.4 Å². The maximum atomic E-state index is 12.5. The highest BCUT2D eigenvalue weighted by Gasteiger charge is 2.62. The molecule has 1 rings (SSSR count). The molecule has 0 aromatic rings. The molecule has 0 saturated heterocycles. The lowest BCUT2D eigenvalue weighted by Crippen LogP contribution is -2.46. The van der Waals surface area contributed by atoms with Gasteiger partial charge in [-0.1, -0.05) is 0 Å². The maximum absolute atomic E-state index is 12.5. The third kappa shape index (κ3) is 7.78. The number of alkyl carbamates (subject to hydrolysis) is 2. The highest BCUT2D eigenvalue weighted by molar-refractivity contribution is 5.85. The minimum Gasteiger partial charge on any atom is -0.466 e. The van der Waals surface area contributed by atoms with Gasteiger partial charge in [0.2, 0.25) is 0 Å². The van der Waals surface area contributed by atoms with Crippen LogP contribution in [0.2, 0.25) is 0 Å². The monoisotopic (exact) mass is 416 g/mol. The minimum atomic E-state index is -1.14. The van der Waals surface area contributed by atoms with E-state index in [1.807, 2.05) is 0 Å². The van der Waals surface area contributed by atoms with Gasteiger partial charge < -0.3 is 29.6 Å². The molecule has 2 N–H and O–H groups in total. The van der Waals surface area contributed by atoms with Gasteiger partial charge in [0.05, 0.1) is 25.7 Å². The first-order valence-corrected chi connectivity index (χ1v) is 9.79. The second-order valence-corrected chi connectivity index (χ2v) is 7.52. The highest BCUT2D eigenvalue weighted by Crippen LogP contribution is 2.50. The minimum absolute atomic E-state index is 0.0994. The number of carbonyl (C=O) groups is 4. The summed E-state index contributed by atoms with van der Waals surface area (Å²) in [6.45, 7) is 10.6. The molecule has 10 heteroatoms. The summed E-state index contributed by atoms with van der Waals surface area (Å²) < 4.78 is 20.5. The summed E-state index contributed by atoms with van der Waals surface area (Å²) in [5.41, 5.74) is -0.770. The van der Waals surface area contributed by atoms with Crippen molar-refractivity contribution >= 4 is 24.1 Å². The molecule has 2 amide bonds. The van der Waals surface area contributed by atoms with Crippen molar-refractivity contribution in [1.29, 1.82) is 0 Å². The number of ether oxygens (including phenoxy) is 4. The smallest absolute Gasteiger partial charge is 0.408 e. The normalized spacial score (nSPS) is 21.4. The van der Waals surface area contributed by atoms with Crippen molar-refractivity contribution in [2.45, 2.75) is 53.2 Å². The second kappa shape index (κ2) is 10.9. The molecular formula is C19H32N2O8. The van der Waals surface area contributed by atoms with Crippen LogP contribution in [-0.2, 0) is 28.5 Å². The van der Waals surface area contributed by atoms with Crippen molar-refractivity contribution in [3.63, 3.8) is 0 Å². The Labute approximate surface area is 171 Å². The van der Waals surface area contributed by atoms with E-state index in [2.05, 4.69) is 10.6 Å². The molecule has 0 aromatic heterocycles. The Bertz CT molecular complexity index is 602. The molecule has 1 aliphatic carbocycles. The van der Waals surface area contributed by atoms with Crippen LogP contribution >= 0.6 is 0 Å². The number of amides is 2. The Balaban J connectivity index is 2.97. The molecule has 0 unspecified atom stereocenters. The zero-order valence-corrected chi connectivity index (χ0v) is 17.9. The Morgan fingerprint density at radius 2 is 1.55 bits per heavy atom. The summed E-state index contributed by atoms with van der Waals surface area (Å²) in [5, 5.41) is 4.97. The van der Waals surface area contributed by atoms with Crippen molar-refractivity contribution in [3.05, 3.63) is 0 Å². The zero-order chi connectivity index (χ0) is 22.2. The molecule has 1 saturated carbocycles. The van der Waals surface area contributed by atoms with E-state index >= 15 is 0 Å². The van der Waals surface area contributed by atoms with Crippen molar-refractivity contribution < 1.29 is 38.1 Å². The molecule has 0 bridgehead atoms. The van der Waals surface area contributed by atoms with Crippen LogP contribution in [0.4, 0.5) is 9.59 Å². The summed E-state index contributed by atoms with van der Waals surface area (Å²) >= 11 is 0. The predicted molar refractivity (Wildman–Crippen MR) is 102 cm³/mol. The largest absolute Gasteiger partial charge is 0.466 e. The standard InChI is InChI=1S/C19H32N2O8/c1-7-20-17(24)28-10-11-12(13(11)15(22)26-8-2)14(16(23)27-9-3)21-18(25)29-19(4,5)6/h11-14H,7-10H2,1-6H3,(H,20,24)(H,21,25)/t11-,12+,13+,14+/m0/s1. The van der Waals surface area contributed by atoms with Crippen LogP contribution in [0, 0.1) is 17.8 Å². The SMILES string of the molecule is CCNC(=O)OC[C@@H]1[C@@H](C(=O)OCC)[C@@H]1[C@@H](NC(=O)OC(C)(C)C)C(=O)OCC. The van der Waals surface area contributed by atoms with Crippen LogP contribution in [0.15, 0.2) is 0 Å². The molecule has 29 heavy (non-hydrogen) atoms. The molecule has 0 heterocycles. The van der Waals surface area contributed by atoms with E-state index in [1.54, 1.807) is 41.5 Å². The predicted octanol–water partition coefficient (Wildman–Crippen LogP) is 1.61. The lowest BCUT2D eigenvalue weighted by molar-refractivity contribution is -0.147. The molecule has 1 fully saturated rings. The van der Waals surface area contributed by atoms with E-state index in [4.69, 9.17) is 18.9 Å². The van der Waals surface area contributed by atoms with Crippen molar-refractivity contribution in [3.8, 4) is 0 Å². The third-order valence-electron chi connectivity index (χ3n) is 4.11. The van der Waals surface area contributed by atoms with Gasteiger partial charge in [0, 0.05) is 18.4 Å². The molecular weight excluding hydrogens is 384 g/mol. The average molecular weight is 416 g/mol. The van der Waals surface area contributed by atoms with E-state index in [0.717, 1.165) is 0 Å². The van der Waals surface area contributed by atoms with Gasteiger partial charge in [0.15, 0.2) is 0 Å². The molecule has 1 aliphatic rings. The summed E-state index contributed by atoms with van der Waals surface area (Å²) in [6.07, 6.45) is -1.44. The zero-order valence-electron chi connectivity index (χ0n) is 17.9. The molecule has 10 nitrogen and oxygen atoms in total. The highest BCUT2D eigenvalue weighted by atomic mass is 16.6. The quantitative estimate of drug-likeness (QED) is 0.428. The number of esters is 2. The average Bonchev–Trinajstić information content (AvgIpc) is 3.31. The lowest BCUT2D eigenvalue weighted by atomic mass is 10.1. The van der Waals surface area contributed by atoms with Crippen LogP contribution < -0.4 is 10.6 Å². The van der Waals surface area contributed by atoms with Gasteiger partial charge in [0.1, 0.15) is 11.6 Å². The van der Waals surface area contributed by atoms with Gasteiger partial charge >= 0.3 is 24.1 Å². The Morgan fingerprint density at radius 1 is 0.931 bits per heavy atom. The number of hydrogen-bond donors (Lipinski definition) is 2. The fourth-order valence-corrected chi connectivity index (χ4v) is 2.99. The fraction of sp³-hybridized carbons (Fsp3) is 0.789. The molecule has 166 valence electrons. The molecule has 0 aliphatic heterocycles. The van der Waals surface area contributed by atoms with E-state index in [0.29, 0.717) is 6.54 Å². The van der Waals surface area contributed by atoms with E-state index in [-0.39, 0.29) is 19.8 Å². The Hall–Kier alpha value is -2.52. The lowest BCUT2D eigenvalue weighted by Gasteiger charge is -2.23. The number of nitrogens with one attached hydrogen (secondary N) is 2. The summed E-state index contributed by atoms with van der Waals surface area (Å²) in [4.78, 5) is 48.6. The maximum Gasteiger partial charge on any atom is 0.408 e. The van der Waals surface area contributed by atoms with E-state index in [1.165, 1.54) is 0 Å². The molecule has 0 radical (unpaired) electrons. The van der Waals surface area contributed by atoms with Gasteiger partial charge in [-0.2, -0.15) is 0 Å². The second-order valence-electron chi connectivity index (χ2n) is 7.52. The summed E-state index contributed by atoms with van der Waals surface area (Å²) in [6, 6.07) is -1.14. The topological polar surface area (TPSA) is 129 Å². The number of rotatable bonds is 9. The molecule has 4 atom stereocenters. The Morgan fingerprint density at radius 3 is 2.07 bits per heavy atom. The number of carbonyl (C=O) groups excluding carboxylic acids is 4. The van der Waals surface area contributed by atoms with E-state index in [9.17, 15) is 19.2 Å². The van der Waals surface area contributed by atoms with Crippen LogP contribution in [0.5, 0.6) is 0 Å². The van der Waals surface area contributed by atoms with Crippen molar-refractivity contribution in [2.24, 2.45) is 17.8 Å². The van der Waals surface area contributed by atoms with Crippen LogP contribution in [0.25, 0.3) is 0 Å². The third-order valence-corrected chi connectivity index (χ3v) is 4.11. The summed E-state index contributed by atoms with van der Waals surface area (Å²) in [5.74, 6) is -3.08. The van der Waals surface area contributed by atoms with Gasteiger partial charge in [0.25, 0.3) is 0 Å². The number of hydrogen-bond acceptors (Lipinski definition) is 8. The van der Waals surface area contributed by atoms with Crippen molar-refractivity contribution in [2.75, 3.05) is 26.4 Å². The van der Waals surface area contributed by atoms with E-state index < -0.39 is 53.5 Å². The van der Waals surface area contributed by atoms with Crippen LogP contribution in [-0.4, -0.2) is 62.1 Å². The van der Waals surface area contributed by atoms with Crippen LogP contribution in [0.3, 0.4) is 0 Å². The van der Waals surface area contributed by atoms with Crippen molar-refractivity contribution in [1.82, 2.24) is 10.6 Å². The summed E-state index contributed by atoms with van der Waals surface area (Å²) in [7, 11) is 0. The van der Waals surface area contributed by atoms with Crippen LogP contribution in [0.1, 0.15) is 41.5 Å².